The molecule has 0 aromatic heterocycles. The first-order chi connectivity index (χ1) is 8.48. The van der Waals surface area contributed by atoms with Crippen LogP contribution in [0.5, 0.6) is 0 Å². The second-order valence-corrected chi connectivity index (χ2v) is 4.02. The molecular weight excluding hydrogens is 298 g/mol. The maximum Gasteiger partial charge on any atom is 0.417 e. The van der Waals surface area contributed by atoms with Crippen LogP contribution in [0.4, 0.5) is 26.3 Å². The van der Waals surface area contributed by atoms with Gasteiger partial charge in [-0.1, -0.05) is 6.92 Å². The topological polar surface area (TPSA) is 17.1 Å². The first kappa shape index (κ1) is 15.8. The Morgan fingerprint density at radius 2 is 1.53 bits per heavy atom. The number of carbonyl (C=O) groups excluding carboxylic acids is 1. The number of halogens is 7. The zero-order valence-corrected chi connectivity index (χ0v) is 10.2. The SMILES string of the molecule is CCc1cc(C(F)(F)F)c(C(=O)Cl)cc1C(F)(F)F. The van der Waals surface area contributed by atoms with Crippen LogP contribution in [-0.2, 0) is 18.8 Å². The van der Waals surface area contributed by atoms with Gasteiger partial charge < -0.3 is 0 Å². The summed E-state index contributed by atoms with van der Waals surface area (Å²) in [5.41, 5.74) is -4.48. The van der Waals surface area contributed by atoms with Gasteiger partial charge in [0.2, 0.25) is 0 Å². The Labute approximate surface area is 109 Å². The number of benzene rings is 1. The highest BCUT2D eigenvalue weighted by molar-refractivity contribution is 6.68. The van der Waals surface area contributed by atoms with Crippen LogP contribution in [0.1, 0.15) is 34.0 Å². The van der Waals surface area contributed by atoms with Crippen LogP contribution in [0.15, 0.2) is 12.1 Å². The molecule has 0 aliphatic heterocycles. The van der Waals surface area contributed by atoms with Crippen molar-refractivity contribution in [2.24, 2.45) is 0 Å². The second-order valence-electron chi connectivity index (χ2n) is 3.68. The molecule has 0 atom stereocenters. The van der Waals surface area contributed by atoms with E-state index in [0.717, 1.165) is 0 Å². The van der Waals surface area contributed by atoms with Crippen molar-refractivity contribution in [3.63, 3.8) is 0 Å². The van der Waals surface area contributed by atoms with Crippen molar-refractivity contribution in [1.82, 2.24) is 0 Å². The summed E-state index contributed by atoms with van der Waals surface area (Å²) in [4.78, 5) is 10.9. The fourth-order valence-corrected chi connectivity index (χ4v) is 1.75. The van der Waals surface area contributed by atoms with Gasteiger partial charge in [0.05, 0.1) is 11.1 Å². The van der Waals surface area contributed by atoms with E-state index in [1.54, 1.807) is 0 Å². The summed E-state index contributed by atoms with van der Waals surface area (Å²) in [6.45, 7) is 1.28. The summed E-state index contributed by atoms with van der Waals surface area (Å²) in [7, 11) is 0. The van der Waals surface area contributed by atoms with Crippen LogP contribution in [0.3, 0.4) is 0 Å². The molecule has 0 saturated carbocycles. The lowest BCUT2D eigenvalue weighted by Gasteiger charge is -2.17. The molecule has 1 aromatic rings. The van der Waals surface area contributed by atoms with Gasteiger partial charge in [0, 0.05) is 5.56 Å². The highest BCUT2D eigenvalue weighted by Gasteiger charge is 2.40. The Bertz CT molecular complexity index is 503. The van der Waals surface area contributed by atoms with Crippen LogP contribution in [0.2, 0.25) is 0 Å². The van der Waals surface area contributed by atoms with E-state index in [2.05, 4.69) is 0 Å². The molecular formula is C11H7ClF6O. The molecule has 19 heavy (non-hydrogen) atoms. The largest absolute Gasteiger partial charge is 0.417 e. The van der Waals surface area contributed by atoms with Crippen molar-refractivity contribution in [1.29, 1.82) is 0 Å². The van der Waals surface area contributed by atoms with Gasteiger partial charge in [-0.15, -0.1) is 0 Å². The molecule has 0 bridgehead atoms. The molecule has 0 heterocycles. The van der Waals surface area contributed by atoms with Gasteiger partial charge in [-0.05, 0) is 35.7 Å². The molecule has 8 heteroatoms. The predicted octanol–water partition coefficient (Wildman–Crippen LogP) is 4.67. The lowest BCUT2D eigenvalue weighted by atomic mass is 9.96. The summed E-state index contributed by atoms with van der Waals surface area (Å²) in [6, 6.07) is 0.468. The lowest BCUT2D eigenvalue weighted by Crippen LogP contribution is -2.16. The molecule has 1 nitrogen and oxygen atoms in total. The Balaban J connectivity index is 3.66. The van der Waals surface area contributed by atoms with Gasteiger partial charge in [0.25, 0.3) is 5.24 Å². The summed E-state index contributed by atoms with van der Waals surface area (Å²) < 4.78 is 76.0. The quantitative estimate of drug-likeness (QED) is 0.573. The summed E-state index contributed by atoms with van der Waals surface area (Å²) in [5.74, 6) is 0. The number of carbonyl (C=O) groups is 1. The van der Waals surface area contributed by atoms with Crippen molar-refractivity contribution in [3.05, 3.63) is 34.4 Å². The molecule has 0 amide bonds. The third kappa shape index (κ3) is 3.40. The molecule has 0 spiro atoms. The molecule has 0 unspecified atom stereocenters. The van der Waals surface area contributed by atoms with E-state index < -0.39 is 39.8 Å². The average Bonchev–Trinajstić information content (AvgIpc) is 2.24. The van der Waals surface area contributed by atoms with Crippen LogP contribution >= 0.6 is 11.6 Å². The standard InChI is InChI=1S/C11H7ClF6O/c1-2-5-3-8(11(16,17)18)6(9(12)19)4-7(5)10(13,14)15/h3-4H,2H2,1H3. The Hall–Kier alpha value is -1.24. The maximum absolute atomic E-state index is 12.7. The predicted molar refractivity (Wildman–Crippen MR) is 56.0 cm³/mol. The molecule has 106 valence electrons. The highest BCUT2D eigenvalue weighted by atomic mass is 35.5. The van der Waals surface area contributed by atoms with Gasteiger partial charge in [-0.2, -0.15) is 26.3 Å². The molecule has 1 aromatic carbocycles. The van der Waals surface area contributed by atoms with Gasteiger partial charge in [-0.3, -0.25) is 4.79 Å². The van der Waals surface area contributed by atoms with E-state index in [9.17, 15) is 31.1 Å². The first-order valence-electron chi connectivity index (χ1n) is 4.99. The van der Waals surface area contributed by atoms with Gasteiger partial charge in [-0.25, -0.2) is 0 Å². The first-order valence-corrected chi connectivity index (χ1v) is 5.37. The van der Waals surface area contributed by atoms with Crippen LogP contribution in [0, 0.1) is 0 Å². The molecule has 0 radical (unpaired) electrons. The highest BCUT2D eigenvalue weighted by Crippen LogP contribution is 2.39. The lowest BCUT2D eigenvalue weighted by molar-refractivity contribution is -0.142. The maximum atomic E-state index is 12.7. The van der Waals surface area contributed by atoms with E-state index in [1.807, 2.05) is 0 Å². The van der Waals surface area contributed by atoms with Crippen molar-refractivity contribution in [2.75, 3.05) is 0 Å². The van der Waals surface area contributed by atoms with E-state index in [4.69, 9.17) is 11.6 Å². The summed E-state index contributed by atoms with van der Waals surface area (Å²) >= 11 is 4.93. The third-order valence-corrected chi connectivity index (χ3v) is 2.65. The molecule has 0 fully saturated rings. The van der Waals surface area contributed by atoms with E-state index >= 15 is 0 Å². The van der Waals surface area contributed by atoms with E-state index in [1.165, 1.54) is 6.92 Å². The number of hydrogen-bond donors (Lipinski definition) is 0. The third-order valence-electron chi connectivity index (χ3n) is 2.45. The van der Waals surface area contributed by atoms with Gasteiger partial charge in [0.15, 0.2) is 0 Å². The number of alkyl halides is 6. The summed E-state index contributed by atoms with van der Waals surface area (Å²) in [6.07, 6.45) is -10.1. The zero-order valence-electron chi connectivity index (χ0n) is 9.42. The number of rotatable bonds is 2. The van der Waals surface area contributed by atoms with Crippen molar-refractivity contribution in [3.8, 4) is 0 Å². The number of aryl methyl sites for hydroxylation is 1. The minimum Gasteiger partial charge on any atom is -0.276 e. The van der Waals surface area contributed by atoms with Crippen LogP contribution in [0.25, 0.3) is 0 Å². The zero-order chi connectivity index (χ0) is 15.0. The van der Waals surface area contributed by atoms with Crippen LogP contribution in [-0.4, -0.2) is 5.24 Å². The minimum absolute atomic E-state index is 0.150. The van der Waals surface area contributed by atoms with Crippen molar-refractivity contribution in [2.45, 2.75) is 25.7 Å². The normalized spacial score (nSPS) is 12.6. The smallest absolute Gasteiger partial charge is 0.276 e. The van der Waals surface area contributed by atoms with Gasteiger partial charge >= 0.3 is 12.4 Å². The van der Waals surface area contributed by atoms with E-state index in [0.29, 0.717) is 6.07 Å². The fourth-order valence-electron chi connectivity index (χ4n) is 1.60. The number of hydrogen-bond acceptors (Lipinski definition) is 1. The summed E-state index contributed by atoms with van der Waals surface area (Å²) in [5, 5.41) is -1.58. The minimum atomic E-state index is -4.95. The molecule has 1 rings (SSSR count). The molecule has 0 saturated heterocycles. The molecule has 0 aliphatic carbocycles. The van der Waals surface area contributed by atoms with E-state index in [-0.39, 0.29) is 12.5 Å². The Morgan fingerprint density at radius 3 is 1.84 bits per heavy atom. The van der Waals surface area contributed by atoms with Crippen LogP contribution < -0.4 is 0 Å². The second kappa shape index (κ2) is 5.03. The Morgan fingerprint density at radius 1 is 1.05 bits per heavy atom. The average molecular weight is 305 g/mol. The molecule has 0 N–H and O–H groups in total. The fraction of sp³-hybridized carbons (Fsp3) is 0.364. The van der Waals surface area contributed by atoms with Crippen molar-refractivity contribution >= 4 is 16.8 Å². The Kier molecular flexibility index (Phi) is 4.19. The van der Waals surface area contributed by atoms with Gasteiger partial charge in [0.1, 0.15) is 0 Å². The monoisotopic (exact) mass is 304 g/mol. The molecule has 0 aliphatic rings. The van der Waals surface area contributed by atoms with Crippen molar-refractivity contribution < 1.29 is 31.1 Å².